The Hall–Kier alpha value is -0.650. The van der Waals surface area contributed by atoms with E-state index < -0.39 is 23.6 Å². The summed E-state index contributed by atoms with van der Waals surface area (Å²) in [5.41, 5.74) is -1.85. The molecule has 5 heteroatoms. The standard InChI is InChI=1S/C20H36O5/c1-8-13(3)12-14-10-11-20(22,24-15(14)9-2)19(7)16(21)23-17(25-19)18(4,5)6/h13-15,17,22H,8-12H2,1-7H3/t13-,14+,15+,17-,19+,20+/m0/s1. The fourth-order valence-electron chi connectivity index (χ4n) is 3.79. The third kappa shape index (κ3) is 3.88. The molecule has 0 saturated carbocycles. The lowest BCUT2D eigenvalue weighted by Gasteiger charge is -2.47. The first-order valence-corrected chi connectivity index (χ1v) is 9.76. The van der Waals surface area contributed by atoms with Crippen LogP contribution in [0, 0.1) is 17.3 Å². The van der Waals surface area contributed by atoms with E-state index in [4.69, 9.17) is 14.2 Å². The second kappa shape index (κ2) is 7.16. The predicted octanol–water partition coefficient (Wildman–Crippen LogP) is 4.02. The van der Waals surface area contributed by atoms with Gasteiger partial charge in [0.25, 0.3) is 0 Å². The number of esters is 1. The molecule has 25 heavy (non-hydrogen) atoms. The van der Waals surface area contributed by atoms with Gasteiger partial charge in [0.15, 0.2) is 0 Å². The van der Waals surface area contributed by atoms with Gasteiger partial charge in [0.1, 0.15) is 0 Å². The lowest BCUT2D eigenvalue weighted by atomic mass is 9.78. The highest BCUT2D eigenvalue weighted by atomic mass is 16.8. The fraction of sp³-hybridized carbons (Fsp3) is 0.950. The first kappa shape index (κ1) is 20.7. The Morgan fingerprint density at radius 2 is 1.92 bits per heavy atom. The summed E-state index contributed by atoms with van der Waals surface area (Å²) in [5.74, 6) is -1.15. The van der Waals surface area contributed by atoms with E-state index in [9.17, 15) is 9.90 Å². The van der Waals surface area contributed by atoms with Gasteiger partial charge < -0.3 is 19.3 Å². The van der Waals surface area contributed by atoms with Crippen molar-refractivity contribution in [1.29, 1.82) is 0 Å². The molecule has 2 heterocycles. The molecule has 2 rings (SSSR count). The number of ether oxygens (including phenoxy) is 3. The van der Waals surface area contributed by atoms with Crippen molar-refractivity contribution in [3.8, 4) is 0 Å². The lowest BCUT2D eigenvalue weighted by molar-refractivity contribution is -0.339. The van der Waals surface area contributed by atoms with Gasteiger partial charge in [-0.2, -0.15) is 0 Å². The van der Waals surface area contributed by atoms with Gasteiger partial charge in [-0.05, 0) is 38.0 Å². The average Bonchev–Trinajstić information content (AvgIpc) is 2.86. The minimum atomic E-state index is -1.64. The second-order valence-corrected chi connectivity index (χ2v) is 9.15. The van der Waals surface area contributed by atoms with Crippen molar-refractivity contribution in [2.45, 2.75) is 104 Å². The summed E-state index contributed by atoms with van der Waals surface area (Å²) in [5, 5.41) is 11.2. The highest BCUT2D eigenvalue weighted by Crippen LogP contribution is 2.47. The second-order valence-electron chi connectivity index (χ2n) is 9.15. The van der Waals surface area contributed by atoms with E-state index in [0.717, 1.165) is 25.7 Å². The molecule has 0 unspecified atom stereocenters. The normalized spacial score (nSPS) is 40.8. The van der Waals surface area contributed by atoms with Crippen LogP contribution in [0.5, 0.6) is 0 Å². The minimum absolute atomic E-state index is 0.0744. The summed E-state index contributed by atoms with van der Waals surface area (Å²) in [4.78, 5) is 12.6. The molecule has 2 aliphatic rings. The molecule has 2 fully saturated rings. The predicted molar refractivity (Wildman–Crippen MR) is 95.7 cm³/mol. The lowest BCUT2D eigenvalue weighted by Crippen LogP contribution is -2.62. The number of aliphatic hydroxyl groups is 1. The van der Waals surface area contributed by atoms with Crippen LogP contribution in [0.15, 0.2) is 0 Å². The van der Waals surface area contributed by atoms with E-state index in [-0.39, 0.29) is 11.5 Å². The van der Waals surface area contributed by atoms with E-state index in [0.29, 0.717) is 18.3 Å². The van der Waals surface area contributed by atoms with Crippen molar-refractivity contribution in [2.75, 3.05) is 0 Å². The van der Waals surface area contributed by atoms with Crippen LogP contribution >= 0.6 is 0 Å². The maximum atomic E-state index is 12.6. The van der Waals surface area contributed by atoms with Gasteiger partial charge in [0.2, 0.25) is 17.7 Å². The summed E-state index contributed by atoms with van der Waals surface area (Å²) >= 11 is 0. The number of rotatable bonds is 5. The minimum Gasteiger partial charge on any atom is -0.433 e. The SMILES string of the molecule is CC[C@H](C)C[C@H]1CC[C@](O)([C@]2(C)O[C@@H](C(C)(C)C)OC2=O)O[C@@H]1CC. The van der Waals surface area contributed by atoms with E-state index in [2.05, 4.69) is 20.8 Å². The van der Waals surface area contributed by atoms with Crippen molar-refractivity contribution in [2.24, 2.45) is 17.3 Å². The van der Waals surface area contributed by atoms with Crippen molar-refractivity contribution >= 4 is 5.97 Å². The molecule has 2 saturated heterocycles. The van der Waals surface area contributed by atoms with Crippen LogP contribution in [0.25, 0.3) is 0 Å². The summed E-state index contributed by atoms with van der Waals surface area (Å²) in [6, 6.07) is 0. The van der Waals surface area contributed by atoms with Crippen LogP contribution in [0.2, 0.25) is 0 Å². The molecule has 1 N–H and O–H groups in total. The zero-order valence-electron chi connectivity index (χ0n) is 16.9. The average molecular weight is 357 g/mol. The number of cyclic esters (lactones) is 1. The van der Waals surface area contributed by atoms with Gasteiger partial charge in [-0.3, -0.25) is 0 Å². The van der Waals surface area contributed by atoms with Crippen molar-refractivity contribution < 1.29 is 24.1 Å². The summed E-state index contributed by atoms with van der Waals surface area (Å²) in [7, 11) is 0. The van der Waals surface area contributed by atoms with Crippen molar-refractivity contribution in [3.63, 3.8) is 0 Å². The van der Waals surface area contributed by atoms with E-state index in [1.54, 1.807) is 6.92 Å². The van der Waals surface area contributed by atoms with Gasteiger partial charge in [-0.25, -0.2) is 4.79 Å². The number of carbonyl (C=O) groups is 1. The highest BCUT2D eigenvalue weighted by molar-refractivity contribution is 5.82. The molecule has 2 aliphatic heterocycles. The zero-order valence-corrected chi connectivity index (χ0v) is 16.9. The van der Waals surface area contributed by atoms with E-state index in [1.165, 1.54) is 0 Å². The number of carbonyl (C=O) groups excluding carboxylic acids is 1. The van der Waals surface area contributed by atoms with Crippen molar-refractivity contribution in [1.82, 2.24) is 0 Å². The molecule has 0 bridgehead atoms. The molecule has 0 aromatic carbocycles. The Bertz CT molecular complexity index is 485. The van der Waals surface area contributed by atoms with Gasteiger partial charge >= 0.3 is 5.97 Å². The molecule has 0 aliphatic carbocycles. The van der Waals surface area contributed by atoms with Crippen molar-refractivity contribution in [3.05, 3.63) is 0 Å². The third-order valence-electron chi connectivity index (χ3n) is 5.93. The highest BCUT2D eigenvalue weighted by Gasteiger charge is 2.64. The fourth-order valence-corrected chi connectivity index (χ4v) is 3.79. The van der Waals surface area contributed by atoms with Crippen LogP contribution in [0.4, 0.5) is 0 Å². The third-order valence-corrected chi connectivity index (χ3v) is 5.93. The Morgan fingerprint density at radius 3 is 2.40 bits per heavy atom. The molecule has 146 valence electrons. The van der Waals surface area contributed by atoms with E-state index >= 15 is 0 Å². The Balaban J connectivity index is 2.17. The maximum Gasteiger partial charge on any atom is 0.346 e. The smallest absolute Gasteiger partial charge is 0.346 e. The quantitative estimate of drug-likeness (QED) is 0.754. The molecule has 0 aromatic heterocycles. The summed E-state index contributed by atoms with van der Waals surface area (Å²) < 4.78 is 17.5. The summed E-state index contributed by atoms with van der Waals surface area (Å²) in [6.07, 6.45) is 3.47. The molecule has 0 amide bonds. The Labute approximate surface area is 152 Å². The number of hydrogen-bond acceptors (Lipinski definition) is 5. The van der Waals surface area contributed by atoms with Gasteiger partial charge in [-0.1, -0.05) is 48.0 Å². The molecule has 0 aromatic rings. The van der Waals surface area contributed by atoms with Crippen LogP contribution in [-0.4, -0.2) is 34.9 Å². The Morgan fingerprint density at radius 1 is 1.28 bits per heavy atom. The van der Waals surface area contributed by atoms with Crippen LogP contribution in [-0.2, 0) is 19.0 Å². The molecule has 0 radical (unpaired) electrons. The Kier molecular flexibility index (Phi) is 5.92. The largest absolute Gasteiger partial charge is 0.433 e. The zero-order chi connectivity index (χ0) is 19.0. The first-order chi connectivity index (χ1) is 11.5. The monoisotopic (exact) mass is 356 g/mol. The van der Waals surface area contributed by atoms with Gasteiger partial charge in [0.05, 0.1) is 6.10 Å². The maximum absolute atomic E-state index is 12.6. The topological polar surface area (TPSA) is 65.0 Å². The molecular weight excluding hydrogens is 320 g/mol. The van der Waals surface area contributed by atoms with Crippen LogP contribution < -0.4 is 0 Å². The van der Waals surface area contributed by atoms with Gasteiger partial charge in [-0.15, -0.1) is 0 Å². The van der Waals surface area contributed by atoms with Crippen LogP contribution in [0.1, 0.15) is 80.6 Å². The van der Waals surface area contributed by atoms with E-state index in [1.807, 2.05) is 20.8 Å². The summed E-state index contributed by atoms with van der Waals surface area (Å²) in [6.45, 7) is 13.9. The number of hydrogen-bond donors (Lipinski definition) is 1. The molecule has 5 nitrogen and oxygen atoms in total. The molecule has 6 atom stereocenters. The van der Waals surface area contributed by atoms with Crippen LogP contribution in [0.3, 0.4) is 0 Å². The molecular formula is C20H36O5. The molecule has 0 spiro atoms. The van der Waals surface area contributed by atoms with Gasteiger partial charge in [0, 0.05) is 11.8 Å². The first-order valence-electron chi connectivity index (χ1n) is 9.76.